The topological polar surface area (TPSA) is 51.2 Å². The number of pyridine rings is 1. The van der Waals surface area contributed by atoms with E-state index in [0.717, 1.165) is 25.9 Å². The summed E-state index contributed by atoms with van der Waals surface area (Å²) in [7, 11) is 0. The SMILES string of the molecule is CC(C)Oc1cncc(C(=O)C2(C)CCNCC2)c1. The van der Waals surface area contributed by atoms with Gasteiger partial charge in [-0.15, -0.1) is 0 Å². The molecule has 0 unspecified atom stereocenters. The summed E-state index contributed by atoms with van der Waals surface area (Å²) >= 11 is 0. The number of piperidine rings is 1. The van der Waals surface area contributed by atoms with Crippen molar-refractivity contribution in [2.45, 2.75) is 39.7 Å². The van der Waals surface area contributed by atoms with E-state index in [1.54, 1.807) is 12.4 Å². The van der Waals surface area contributed by atoms with Crippen molar-refractivity contribution in [2.24, 2.45) is 5.41 Å². The van der Waals surface area contributed by atoms with Gasteiger partial charge in [0.05, 0.1) is 12.3 Å². The number of aromatic nitrogens is 1. The highest BCUT2D eigenvalue weighted by Gasteiger charge is 2.35. The molecule has 0 aliphatic carbocycles. The molecule has 1 aliphatic rings. The molecule has 1 aromatic heterocycles. The Labute approximate surface area is 114 Å². The Morgan fingerprint density at radius 1 is 1.37 bits per heavy atom. The summed E-state index contributed by atoms with van der Waals surface area (Å²) in [6.45, 7) is 7.77. The van der Waals surface area contributed by atoms with Crippen LogP contribution in [-0.2, 0) is 0 Å². The van der Waals surface area contributed by atoms with Crippen LogP contribution in [-0.4, -0.2) is 30.0 Å². The lowest BCUT2D eigenvalue weighted by Gasteiger charge is -2.32. The summed E-state index contributed by atoms with van der Waals surface area (Å²) in [6.07, 6.45) is 5.13. The third-order valence-electron chi connectivity index (χ3n) is 3.60. The normalized spacial score (nSPS) is 18.3. The fourth-order valence-electron chi connectivity index (χ4n) is 2.43. The molecular weight excluding hydrogens is 240 g/mol. The molecule has 0 amide bonds. The van der Waals surface area contributed by atoms with E-state index in [4.69, 9.17) is 4.74 Å². The minimum Gasteiger partial charge on any atom is -0.489 e. The first kappa shape index (κ1) is 14.0. The number of ether oxygens (including phenoxy) is 1. The maximum atomic E-state index is 12.6. The smallest absolute Gasteiger partial charge is 0.170 e. The first-order chi connectivity index (χ1) is 9.01. The van der Waals surface area contributed by atoms with Crippen molar-refractivity contribution in [3.63, 3.8) is 0 Å². The molecule has 19 heavy (non-hydrogen) atoms. The number of nitrogens with one attached hydrogen (secondary N) is 1. The van der Waals surface area contributed by atoms with Crippen molar-refractivity contribution in [2.75, 3.05) is 13.1 Å². The molecule has 0 saturated carbocycles. The van der Waals surface area contributed by atoms with Crippen molar-refractivity contribution < 1.29 is 9.53 Å². The van der Waals surface area contributed by atoms with Gasteiger partial charge in [-0.3, -0.25) is 9.78 Å². The predicted molar refractivity (Wildman–Crippen MR) is 74.5 cm³/mol. The maximum Gasteiger partial charge on any atom is 0.170 e. The van der Waals surface area contributed by atoms with Gasteiger partial charge in [-0.05, 0) is 45.8 Å². The third kappa shape index (κ3) is 3.32. The Morgan fingerprint density at radius 2 is 2.05 bits per heavy atom. The molecule has 0 aromatic carbocycles. The number of Topliss-reactive ketones (excluding diaryl/α,β-unsaturated/α-hetero) is 1. The van der Waals surface area contributed by atoms with E-state index in [1.807, 2.05) is 26.8 Å². The number of rotatable bonds is 4. The van der Waals surface area contributed by atoms with E-state index < -0.39 is 0 Å². The van der Waals surface area contributed by atoms with Crippen LogP contribution in [0.5, 0.6) is 5.75 Å². The average molecular weight is 262 g/mol. The van der Waals surface area contributed by atoms with Crippen molar-refractivity contribution in [1.29, 1.82) is 0 Å². The Bertz CT molecular complexity index is 451. The zero-order valence-corrected chi connectivity index (χ0v) is 11.9. The van der Waals surface area contributed by atoms with Crippen LogP contribution in [0.15, 0.2) is 18.5 Å². The van der Waals surface area contributed by atoms with Gasteiger partial charge in [0.2, 0.25) is 0 Å². The van der Waals surface area contributed by atoms with Crippen LogP contribution < -0.4 is 10.1 Å². The van der Waals surface area contributed by atoms with Crippen molar-refractivity contribution in [3.8, 4) is 5.75 Å². The molecular formula is C15H22N2O2. The quantitative estimate of drug-likeness (QED) is 0.847. The maximum absolute atomic E-state index is 12.6. The Morgan fingerprint density at radius 3 is 2.68 bits per heavy atom. The van der Waals surface area contributed by atoms with Crippen LogP contribution in [0.4, 0.5) is 0 Å². The second-order valence-corrected chi connectivity index (χ2v) is 5.72. The fraction of sp³-hybridized carbons (Fsp3) is 0.600. The van der Waals surface area contributed by atoms with Crippen LogP contribution >= 0.6 is 0 Å². The van der Waals surface area contributed by atoms with Gasteiger partial charge in [-0.25, -0.2) is 0 Å². The van der Waals surface area contributed by atoms with Gasteiger partial charge >= 0.3 is 0 Å². The molecule has 2 rings (SSSR count). The van der Waals surface area contributed by atoms with Crippen LogP contribution in [0.1, 0.15) is 44.0 Å². The number of nitrogens with zero attached hydrogens (tertiary/aromatic N) is 1. The molecule has 1 fully saturated rings. The lowest BCUT2D eigenvalue weighted by molar-refractivity contribution is 0.0761. The number of carbonyl (C=O) groups excluding carboxylic acids is 1. The van der Waals surface area contributed by atoms with E-state index in [1.165, 1.54) is 0 Å². The Hall–Kier alpha value is -1.42. The summed E-state index contributed by atoms with van der Waals surface area (Å²) in [5.74, 6) is 0.842. The molecule has 4 nitrogen and oxygen atoms in total. The summed E-state index contributed by atoms with van der Waals surface area (Å²) < 4.78 is 5.60. The first-order valence-corrected chi connectivity index (χ1v) is 6.88. The zero-order valence-electron chi connectivity index (χ0n) is 11.9. The monoisotopic (exact) mass is 262 g/mol. The second kappa shape index (κ2) is 5.70. The standard InChI is InChI=1S/C15H22N2O2/c1-11(2)19-13-8-12(9-17-10-13)14(18)15(3)4-6-16-7-5-15/h8-11,16H,4-7H2,1-3H3. The van der Waals surface area contributed by atoms with Gasteiger partial charge in [-0.2, -0.15) is 0 Å². The minimum atomic E-state index is -0.274. The van der Waals surface area contributed by atoms with E-state index in [0.29, 0.717) is 11.3 Å². The Kier molecular flexibility index (Phi) is 4.20. The fourth-order valence-corrected chi connectivity index (χ4v) is 2.43. The van der Waals surface area contributed by atoms with Crippen molar-refractivity contribution >= 4 is 5.78 Å². The van der Waals surface area contributed by atoms with Gasteiger partial charge in [0.25, 0.3) is 0 Å². The van der Waals surface area contributed by atoms with Crippen molar-refractivity contribution in [3.05, 3.63) is 24.0 Å². The summed E-state index contributed by atoms with van der Waals surface area (Å²) in [4.78, 5) is 16.8. The lowest BCUT2D eigenvalue weighted by Crippen LogP contribution is -2.40. The lowest BCUT2D eigenvalue weighted by atomic mass is 9.75. The van der Waals surface area contributed by atoms with Crippen molar-refractivity contribution in [1.82, 2.24) is 10.3 Å². The molecule has 1 aliphatic heterocycles. The summed E-state index contributed by atoms with van der Waals surface area (Å²) in [5, 5.41) is 3.29. The molecule has 1 saturated heterocycles. The van der Waals surface area contributed by atoms with Crippen LogP contribution in [0.25, 0.3) is 0 Å². The molecule has 1 N–H and O–H groups in total. The minimum absolute atomic E-state index is 0.0848. The molecule has 1 aromatic rings. The second-order valence-electron chi connectivity index (χ2n) is 5.72. The van der Waals surface area contributed by atoms with Crippen LogP contribution in [0.2, 0.25) is 0 Å². The van der Waals surface area contributed by atoms with Crippen LogP contribution in [0.3, 0.4) is 0 Å². The molecule has 104 valence electrons. The summed E-state index contributed by atoms with van der Waals surface area (Å²) in [5.41, 5.74) is 0.381. The highest BCUT2D eigenvalue weighted by Crippen LogP contribution is 2.32. The van der Waals surface area contributed by atoms with Gasteiger partial charge < -0.3 is 10.1 Å². The molecule has 0 bridgehead atoms. The third-order valence-corrected chi connectivity index (χ3v) is 3.60. The highest BCUT2D eigenvalue weighted by atomic mass is 16.5. The molecule has 0 atom stereocenters. The van der Waals surface area contributed by atoms with E-state index >= 15 is 0 Å². The summed E-state index contributed by atoms with van der Waals surface area (Å²) in [6, 6.07) is 1.81. The van der Waals surface area contributed by atoms with Gasteiger partial charge in [-0.1, -0.05) is 6.92 Å². The number of hydrogen-bond acceptors (Lipinski definition) is 4. The molecule has 0 spiro atoms. The van der Waals surface area contributed by atoms with Gasteiger partial charge in [0.1, 0.15) is 5.75 Å². The predicted octanol–water partition coefficient (Wildman–Crippen LogP) is 2.44. The number of hydrogen-bond donors (Lipinski definition) is 1. The first-order valence-electron chi connectivity index (χ1n) is 6.88. The molecule has 2 heterocycles. The van der Waals surface area contributed by atoms with Gasteiger partial charge in [0.15, 0.2) is 5.78 Å². The zero-order chi connectivity index (χ0) is 13.9. The van der Waals surface area contributed by atoms with E-state index in [-0.39, 0.29) is 17.3 Å². The largest absolute Gasteiger partial charge is 0.489 e. The number of ketones is 1. The number of carbonyl (C=O) groups is 1. The average Bonchev–Trinajstić information content (AvgIpc) is 2.38. The van der Waals surface area contributed by atoms with E-state index in [9.17, 15) is 4.79 Å². The van der Waals surface area contributed by atoms with Gasteiger partial charge in [0, 0.05) is 17.2 Å². The highest BCUT2D eigenvalue weighted by molar-refractivity contribution is 6.00. The Balaban J connectivity index is 2.18. The molecule has 0 radical (unpaired) electrons. The van der Waals surface area contributed by atoms with Crippen LogP contribution in [0, 0.1) is 5.41 Å². The molecule has 4 heteroatoms. The van der Waals surface area contributed by atoms with E-state index in [2.05, 4.69) is 10.3 Å².